The van der Waals surface area contributed by atoms with Gasteiger partial charge >= 0.3 is 0 Å². The van der Waals surface area contributed by atoms with E-state index < -0.39 is 0 Å². The van der Waals surface area contributed by atoms with E-state index in [1.54, 1.807) is 0 Å². The fourth-order valence-electron chi connectivity index (χ4n) is 6.55. The van der Waals surface area contributed by atoms with Crippen molar-refractivity contribution in [2.75, 3.05) is 0 Å². The molecule has 0 aromatic rings. The summed E-state index contributed by atoms with van der Waals surface area (Å²) in [5.74, 6) is 1.75. The molecule has 0 spiro atoms. The fourth-order valence-corrected chi connectivity index (χ4v) is 6.55. The maximum Gasteiger partial charge on any atom is 0.247 e. The van der Waals surface area contributed by atoms with Gasteiger partial charge in [0.05, 0.1) is 5.92 Å². The van der Waals surface area contributed by atoms with Crippen molar-refractivity contribution in [2.45, 2.75) is 64.2 Å². The Balaban J connectivity index is 1.71. The lowest BCUT2D eigenvalue weighted by atomic mass is 9.59. The van der Waals surface area contributed by atoms with Crippen LogP contribution in [0.4, 0.5) is 0 Å². The molecule has 1 amide bonds. The molecule has 0 heterocycles. The average Bonchev–Trinajstić information content (AvgIpc) is 3.18. The standard InChI is InChI=1S/C16H25NO2/c18-14(17-19)13(15-5-1-11(9-15)2-6-15)16-7-3-12(10-16)4-8-16/h11-13,19H,1-10H2,(H,17,18). The third-order valence-electron chi connectivity index (χ3n) is 7.19. The molecule has 4 bridgehead atoms. The first-order chi connectivity index (χ1) is 9.17. The minimum atomic E-state index is -0.0647. The summed E-state index contributed by atoms with van der Waals surface area (Å²) in [6.07, 6.45) is 12.6. The Labute approximate surface area is 115 Å². The number of fused-ring (bicyclic) bond motifs is 4. The van der Waals surface area contributed by atoms with Crippen LogP contribution >= 0.6 is 0 Å². The molecule has 4 aliphatic carbocycles. The first-order valence-corrected chi connectivity index (χ1v) is 8.11. The maximum absolute atomic E-state index is 12.5. The summed E-state index contributed by atoms with van der Waals surface area (Å²) in [5.41, 5.74) is 2.50. The van der Waals surface area contributed by atoms with E-state index in [9.17, 15) is 10.0 Å². The lowest BCUT2D eigenvalue weighted by molar-refractivity contribution is -0.145. The first kappa shape index (κ1) is 12.2. The van der Waals surface area contributed by atoms with Crippen LogP contribution in [0, 0.1) is 28.6 Å². The van der Waals surface area contributed by atoms with Gasteiger partial charge in [0.15, 0.2) is 0 Å². The Morgan fingerprint density at radius 2 is 1.37 bits per heavy atom. The molecule has 0 aliphatic heterocycles. The van der Waals surface area contributed by atoms with E-state index in [0.717, 1.165) is 11.8 Å². The molecule has 0 aromatic carbocycles. The van der Waals surface area contributed by atoms with E-state index in [1.807, 2.05) is 5.48 Å². The molecule has 3 nitrogen and oxygen atoms in total. The van der Waals surface area contributed by atoms with Crippen LogP contribution in [0.25, 0.3) is 0 Å². The smallest absolute Gasteiger partial charge is 0.247 e. The molecule has 4 fully saturated rings. The summed E-state index contributed by atoms with van der Waals surface area (Å²) < 4.78 is 0. The van der Waals surface area contributed by atoms with Crippen LogP contribution in [0.3, 0.4) is 0 Å². The highest BCUT2D eigenvalue weighted by molar-refractivity contribution is 5.79. The van der Waals surface area contributed by atoms with Gasteiger partial charge in [0.2, 0.25) is 5.91 Å². The number of hydrogen-bond acceptors (Lipinski definition) is 2. The van der Waals surface area contributed by atoms with Crippen molar-refractivity contribution in [3.05, 3.63) is 0 Å². The van der Waals surface area contributed by atoms with E-state index in [1.165, 1.54) is 64.2 Å². The SMILES string of the molecule is O=C(NO)C(C12CCC(CC1)C2)C12CCC(CC1)C2. The van der Waals surface area contributed by atoms with Crippen LogP contribution in [0.15, 0.2) is 0 Å². The second-order valence-corrected chi connectivity index (χ2v) is 7.93. The highest BCUT2D eigenvalue weighted by Crippen LogP contribution is 2.68. The average molecular weight is 263 g/mol. The summed E-state index contributed by atoms with van der Waals surface area (Å²) in [6.45, 7) is 0. The Kier molecular flexibility index (Phi) is 2.55. The minimum absolute atomic E-state index is 0.0647. The van der Waals surface area contributed by atoms with Gasteiger partial charge in [0.25, 0.3) is 0 Å². The van der Waals surface area contributed by atoms with Gasteiger partial charge in [-0.05, 0) is 86.9 Å². The number of rotatable bonds is 3. The van der Waals surface area contributed by atoms with Gasteiger partial charge in [-0.1, -0.05) is 0 Å². The normalized spacial score (nSPS) is 48.7. The van der Waals surface area contributed by atoms with Crippen molar-refractivity contribution in [1.82, 2.24) is 5.48 Å². The topological polar surface area (TPSA) is 49.3 Å². The van der Waals surface area contributed by atoms with Gasteiger partial charge in [-0.2, -0.15) is 0 Å². The van der Waals surface area contributed by atoms with Gasteiger partial charge in [-0.3, -0.25) is 10.0 Å². The quantitative estimate of drug-likeness (QED) is 0.606. The molecule has 4 saturated carbocycles. The van der Waals surface area contributed by atoms with Gasteiger partial charge < -0.3 is 0 Å². The summed E-state index contributed by atoms with van der Waals surface area (Å²) in [6, 6.07) is 0. The van der Waals surface area contributed by atoms with E-state index in [4.69, 9.17) is 0 Å². The molecule has 106 valence electrons. The van der Waals surface area contributed by atoms with Crippen molar-refractivity contribution in [2.24, 2.45) is 28.6 Å². The molecule has 0 unspecified atom stereocenters. The van der Waals surface area contributed by atoms with Crippen LogP contribution in [-0.2, 0) is 4.79 Å². The second kappa shape index (κ2) is 3.97. The van der Waals surface area contributed by atoms with Crippen molar-refractivity contribution in [3.63, 3.8) is 0 Å². The highest BCUT2D eigenvalue weighted by Gasteiger charge is 2.62. The summed E-state index contributed by atoms with van der Waals surface area (Å²) in [7, 11) is 0. The molecule has 0 radical (unpaired) electrons. The van der Waals surface area contributed by atoms with E-state index >= 15 is 0 Å². The Hall–Kier alpha value is -0.570. The molecule has 3 heteroatoms. The monoisotopic (exact) mass is 263 g/mol. The first-order valence-electron chi connectivity index (χ1n) is 8.11. The molecule has 2 N–H and O–H groups in total. The maximum atomic E-state index is 12.5. The Bertz CT molecular complexity index is 360. The zero-order valence-electron chi connectivity index (χ0n) is 11.7. The van der Waals surface area contributed by atoms with Crippen molar-refractivity contribution >= 4 is 5.91 Å². The molecule has 0 aromatic heterocycles. The van der Waals surface area contributed by atoms with E-state index in [-0.39, 0.29) is 22.7 Å². The van der Waals surface area contributed by atoms with Gasteiger partial charge in [0, 0.05) is 0 Å². The predicted octanol–water partition coefficient (Wildman–Crippen LogP) is 3.27. The van der Waals surface area contributed by atoms with Gasteiger partial charge in [-0.25, -0.2) is 5.48 Å². The molecule has 0 saturated heterocycles. The van der Waals surface area contributed by atoms with Gasteiger partial charge in [-0.15, -0.1) is 0 Å². The zero-order valence-corrected chi connectivity index (χ0v) is 11.7. The van der Waals surface area contributed by atoms with Crippen LogP contribution < -0.4 is 5.48 Å². The molecule has 4 rings (SSSR count). The van der Waals surface area contributed by atoms with Gasteiger partial charge in [0.1, 0.15) is 0 Å². The highest BCUT2D eigenvalue weighted by atomic mass is 16.5. The number of nitrogens with one attached hydrogen (secondary N) is 1. The number of carbonyl (C=O) groups excluding carboxylic acids is 1. The molecule has 19 heavy (non-hydrogen) atoms. The fraction of sp³-hybridized carbons (Fsp3) is 0.938. The van der Waals surface area contributed by atoms with Crippen LogP contribution in [0.2, 0.25) is 0 Å². The predicted molar refractivity (Wildman–Crippen MR) is 71.4 cm³/mol. The third kappa shape index (κ3) is 1.57. The second-order valence-electron chi connectivity index (χ2n) is 7.93. The molecular weight excluding hydrogens is 238 g/mol. The minimum Gasteiger partial charge on any atom is -0.289 e. The van der Waals surface area contributed by atoms with Crippen molar-refractivity contribution in [3.8, 4) is 0 Å². The number of amides is 1. The molecule has 0 atom stereocenters. The molecular formula is C16H25NO2. The van der Waals surface area contributed by atoms with Crippen LogP contribution in [-0.4, -0.2) is 11.1 Å². The molecule has 4 aliphatic rings. The van der Waals surface area contributed by atoms with Crippen molar-refractivity contribution in [1.29, 1.82) is 0 Å². The third-order valence-corrected chi connectivity index (χ3v) is 7.19. The summed E-state index contributed by atoms with van der Waals surface area (Å²) in [4.78, 5) is 12.5. The lowest BCUT2D eigenvalue weighted by Crippen LogP contribution is -2.48. The number of carbonyl (C=O) groups is 1. The lowest BCUT2D eigenvalue weighted by Gasteiger charge is -2.45. The van der Waals surface area contributed by atoms with E-state index in [2.05, 4.69) is 0 Å². The van der Waals surface area contributed by atoms with E-state index in [0.29, 0.717) is 0 Å². The summed E-state index contributed by atoms with van der Waals surface area (Å²) >= 11 is 0. The van der Waals surface area contributed by atoms with Crippen LogP contribution in [0.1, 0.15) is 64.2 Å². The Morgan fingerprint density at radius 1 is 0.947 bits per heavy atom. The number of hydrogen-bond donors (Lipinski definition) is 2. The largest absolute Gasteiger partial charge is 0.289 e. The Morgan fingerprint density at radius 3 is 1.63 bits per heavy atom. The zero-order chi connectivity index (χ0) is 13.1. The number of hydroxylamine groups is 1. The van der Waals surface area contributed by atoms with Crippen LogP contribution in [0.5, 0.6) is 0 Å². The van der Waals surface area contributed by atoms with Crippen molar-refractivity contribution < 1.29 is 10.0 Å². The summed E-state index contributed by atoms with van der Waals surface area (Å²) in [5, 5.41) is 9.27.